The van der Waals surface area contributed by atoms with Gasteiger partial charge in [-0.25, -0.2) is 4.98 Å². The third-order valence-corrected chi connectivity index (χ3v) is 4.25. The van der Waals surface area contributed by atoms with E-state index in [0.29, 0.717) is 6.04 Å². The molecule has 0 spiro atoms. The van der Waals surface area contributed by atoms with Gasteiger partial charge in [-0.2, -0.15) is 4.37 Å². The van der Waals surface area contributed by atoms with E-state index < -0.39 is 0 Å². The molecule has 0 saturated heterocycles. The van der Waals surface area contributed by atoms with Crippen LogP contribution in [0.1, 0.15) is 32.0 Å². The fourth-order valence-electron chi connectivity index (χ4n) is 2.49. The van der Waals surface area contributed by atoms with E-state index in [1.807, 2.05) is 6.92 Å². The lowest BCUT2D eigenvalue weighted by atomic mass is 10.1. The van der Waals surface area contributed by atoms with Crippen molar-refractivity contribution in [2.24, 2.45) is 5.92 Å². The number of methoxy groups -OCH3 is 1. The summed E-state index contributed by atoms with van der Waals surface area (Å²) in [5, 5.41) is 1.05. The van der Waals surface area contributed by atoms with Gasteiger partial charge in [-0.15, -0.1) is 0 Å². The molecule has 1 aromatic heterocycles. The van der Waals surface area contributed by atoms with Crippen LogP contribution in [0.2, 0.25) is 0 Å². The standard InChI is InChI=1S/C12H21N3OS/c1-9-4-5-11(8-9)15(6-7-16-3)12-13-10(2)14-17-12/h9,11H,4-8H2,1-3H3. The first-order valence-corrected chi connectivity index (χ1v) is 7.04. The Balaban J connectivity index is 2.07. The van der Waals surface area contributed by atoms with Crippen LogP contribution in [0.25, 0.3) is 0 Å². The lowest BCUT2D eigenvalue weighted by Gasteiger charge is -2.28. The van der Waals surface area contributed by atoms with E-state index in [-0.39, 0.29) is 0 Å². The molecular weight excluding hydrogens is 234 g/mol. The number of aromatic nitrogens is 2. The fourth-order valence-corrected chi connectivity index (χ4v) is 3.26. The quantitative estimate of drug-likeness (QED) is 0.810. The zero-order chi connectivity index (χ0) is 12.3. The van der Waals surface area contributed by atoms with Gasteiger partial charge in [0.25, 0.3) is 0 Å². The molecule has 1 heterocycles. The lowest BCUT2D eigenvalue weighted by Crippen LogP contribution is -2.36. The maximum atomic E-state index is 5.20. The monoisotopic (exact) mass is 255 g/mol. The summed E-state index contributed by atoms with van der Waals surface area (Å²) in [6.45, 7) is 5.96. The molecule has 96 valence electrons. The van der Waals surface area contributed by atoms with E-state index in [1.165, 1.54) is 30.8 Å². The Labute approximate surface area is 107 Å². The van der Waals surface area contributed by atoms with Crippen LogP contribution in [0.5, 0.6) is 0 Å². The van der Waals surface area contributed by atoms with Crippen molar-refractivity contribution in [2.45, 2.75) is 39.2 Å². The Hall–Kier alpha value is -0.680. The number of rotatable bonds is 5. The molecule has 2 unspecified atom stereocenters. The number of ether oxygens (including phenoxy) is 1. The molecule has 17 heavy (non-hydrogen) atoms. The maximum Gasteiger partial charge on any atom is 0.205 e. The average molecular weight is 255 g/mol. The summed E-state index contributed by atoms with van der Waals surface area (Å²) in [5.41, 5.74) is 0. The number of hydrogen-bond donors (Lipinski definition) is 0. The molecule has 1 aliphatic rings. The van der Waals surface area contributed by atoms with Gasteiger partial charge in [-0.3, -0.25) is 0 Å². The van der Waals surface area contributed by atoms with Crippen molar-refractivity contribution in [3.63, 3.8) is 0 Å². The first-order chi connectivity index (χ1) is 8.20. The number of anilines is 1. The summed E-state index contributed by atoms with van der Waals surface area (Å²) < 4.78 is 9.49. The van der Waals surface area contributed by atoms with Crippen molar-refractivity contribution in [3.8, 4) is 0 Å². The Kier molecular flexibility index (Phi) is 4.34. The summed E-state index contributed by atoms with van der Waals surface area (Å²) in [6.07, 6.45) is 3.86. The van der Waals surface area contributed by atoms with Gasteiger partial charge in [-0.1, -0.05) is 6.92 Å². The van der Waals surface area contributed by atoms with Crippen LogP contribution in [0.3, 0.4) is 0 Å². The summed E-state index contributed by atoms with van der Waals surface area (Å²) >= 11 is 1.51. The van der Waals surface area contributed by atoms with E-state index in [0.717, 1.165) is 30.0 Å². The molecule has 5 heteroatoms. The second-order valence-electron chi connectivity index (χ2n) is 4.88. The van der Waals surface area contributed by atoms with Gasteiger partial charge in [0.2, 0.25) is 5.13 Å². The number of aryl methyl sites for hydroxylation is 1. The largest absolute Gasteiger partial charge is 0.383 e. The van der Waals surface area contributed by atoms with Crippen molar-refractivity contribution in [1.82, 2.24) is 9.36 Å². The second kappa shape index (κ2) is 5.78. The minimum absolute atomic E-state index is 0.618. The molecule has 1 aromatic rings. The van der Waals surface area contributed by atoms with Gasteiger partial charge < -0.3 is 9.64 Å². The molecule has 0 bridgehead atoms. The second-order valence-corrected chi connectivity index (χ2v) is 5.61. The zero-order valence-corrected chi connectivity index (χ0v) is 11.7. The molecule has 0 amide bonds. The van der Waals surface area contributed by atoms with Gasteiger partial charge in [0.05, 0.1) is 6.61 Å². The normalized spacial score (nSPS) is 24.2. The third-order valence-electron chi connectivity index (χ3n) is 3.41. The molecule has 1 aliphatic carbocycles. The van der Waals surface area contributed by atoms with E-state index in [9.17, 15) is 0 Å². The molecule has 0 radical (unpaired) electrons. The Bertz CT molecular complexity index is 355. The molecule has 4 nitrogen and oxygen atoms in total. The number of hydrogen-bond acceptors (Lipinski definition) is 5. The fraction of sp³-hybridized carbons (Fsp3) is 0.833. The third kappa shape index (κ3) is 3.16. The van der Waals surface area contributed by atoms with Gasteiger partial charge in [0, 0.05) is 31.2 Å². The highest BCUT2D eigenvalue weighted by molar-refractivity contribution is 7.09. The average Bonchev–Trinajstić information content (AvgIpc) is 2.89. The van der Waals surface area contributed by atoms with Gasteiger partial charge in [0.15, 0.2) is 0 Å². The molecule has 0 aliphatic heterocycles. The van der Waals surface area contributed by atoms with Gasteiger partial charge in [-0.05, 0) is 32.1 Å². The van der Waals surface area contributed by atoms with Gasteiger partial charge in [0.1, 0.15) is 5.82 Å². The smallest absolute Gasteiger partial charge is 0.205 e. The molecule has 1 saturated carbocycles. The van der Waals surface area contributed by atoms with Gasteiger partial charge >= 0.3 is 0 Å². The van der Waals surface area contributed by atoms with Crippen molar-refractivity contribution in [1.29, 1.82) is 0 Å². The van der Waals surface area contributed by atoms with Crippen LogP contribution in [-0.4, -0.2) is 35.7 Å². The zero-order valence-electron chi connectivity index (χ0n) is 10.8. The lowest BCUT2D eigenvalue weighted by molar-refractivity contribution is 0.203. The van der Waals surface area contributed by atoms with Crippen molar-refractivity contribution in [3.05, 3.63) is 5.82 Å². The topological polar surface area (TPSA) is 38.2 Å². The van der Waals surface area contributed by atoms with Crippen LogP contribution in [0, 0.1) is 12.8 Å². The molecule has 0 aromatic carbocycles. The van der Waals surface area contributed by atoms with Crippen molar-refractivity contribution in [2.75, 3.05) is 25.2 Å². The van der Waals surface area contributed by atoms with E-state index in [2.05, 4.69) is 21.2 Å². The Morgan fingerprint density at radius 1 is 1.47 bits per heavy atom. The van der Waals surface area contributed by atoms with E-state index in [1.54, 1.807) is 7.11 Å². The highest BCUT2D eigenvalue weighted by Crippen LogP contribution is 2.32. The molecule has 1 fully saturated rings. The SMILES string of the molecule is COCCN(c1nc(C)ns1)C1CCC(C)C1. The van der Waals surface area contributed by atoms with Crippen LogP contribution in [-0.2, 0) is 4.74 Å². The Morgan fingerprint density at radius 3 is 2.82 bits per heavy atom. The molecular formula is C12H21N3OS. The predicted octanol–water partition coefficient (Wildman–Crippen LogP) is 2.49. The van der Waals surface area contributed by atoms with Crippen LogP contribution >= 0.6 is 11.5 Å². The maximum absolute atomic E-state index is 5.20. The first-order valence-electron chi connectivity index (χ1n) is 6.26. The summed E-state index contributed by atoms with van der Waals surface area (Å²) in [7, 11) is 1.75. The van der Waals surface area contributed by atoms with Crippen molar-refractivity contribution >= 4 is 16.7 Å². The summed E-state index contributed by atoms with van der Waals surface area (Å²) in [6, 6.07) is 0.618. The minimum Gasteiger partial charge on any atom is -0.383 e. The Morgan fingerprint density at radius 2 is 2.29 bits per heavy atom. The van der Waals surface area contributed by atoms with Crippen LogP contribution < -0.4 is 4.90 Å². The highest BCUT2D eigenvalue weighted by atomic mass is 32.1. The molecule has 2 atom stereocenters. The number of nitrogens with zero attached hydrogens (tertiary/aromatic N) is 3. The molecule has 0 N–H and O–H groups in total. The predicted molar refractivity (Wildman–Crippen MR) is 70.7 cm³/mol. The van der Waals surface area contributed by atoms with Crippen molar-refractivity contribution < 1.29 is 4.74 Å². The summed E-state index contributed by atoms with van der Waals surface area (Å²) in [4.78, 5) is 6.90. The summed E-state index contributed by atoms with van der Waals surface area (Å²) in [5.74, 6) is 1.71. The minimum atomic E-state index is 0.618. The van der Waals surface area contributed by atoms with E-state index in [4.69, 9.17) is 4.74 Å². The van der Waals surface area contributed by atoms with Crippen LogP contribution in [0.15, 0.2) is 0 Å². The van der Waals surface area contributed by atoms with Crippen LogP contribution in [0.4, 0.5) is 5.13 Å². The van der Waals surface area contributed by atoms with E-state index >= 15 is 0 Å². The molecule has 2 rings (SSSR count). The highest BCUT2D eigenvalue weighted by Gasteiger charge is 2.28. The first kappa shape index (κ1) is 12.8.